The van der Waals surface area contributed by atoms with E-state index in [-0.39, 0.29) is 18.6 Å². The van der Waals surface area contributed by atoms with Crippen LogP contribution < -0.4 is 4.90 Å². The van der Waals surface area contributed by atoms with Gasteiger partial charge in [-0.1, -0.05) is 18.2 Å². The summed E-state index contributed by atoms with van der Waals surface area (Å²) in [4.78, 5) is 16.3. The van der Waals surface area contributed by atoms with E-state index in [1.54, 1.807) is 4.90 Å². The molecule has 0 aromatic heterocycles. The lowest BCUT2D eigenvalue weighted by Crippen LogP contribution is -2.45. The Bertz CT molecular complexity index is 448. The maximum atomic E-state index is 12.4. The fraction of sp³-hybridized carbons (Fsp3) is 0.533. The number of anilines is 1. The van der Waals surface area contributed by atoms with Gasteiger partial charge < -0.3 is 14.9 Å². The first-order chi connectivity index (χ1) is 9.15. The third-order valence-electron chi connectivity index (χ3n) is 3.76. The largest absolute Gasteiger partial charge is 0.396 e. The molecule has 2 rings (SSSR count). The van der Waals surface area contributed by atoms with Crippen LogP contribution in [0, 0.1) is 6.92 Å². The Hall–Kier alpha value is -1.55. The Morgan fingerprint density at radius 3 is 2.74 bits per heavy atom. The molecule has 0 radical (unpaired) electrons. The molecule has 0 aliphatic carbocycles. The Morgan fingerprint density at radius 1 is 1.32 bits per heavy atom. The maximum absolute atomic E-state index is 12.4. The smallest absolute Gasteiger partial charge is 0.245 e. The molecule has 1 aliphatic rings. The predicted molar refractivity (Wildman–Crippen MR) is 76.3 cm³/mol. The van der Waals surface area contributed by atoms with Crippen molar-refractivity contribution >= 4 is 11.6 Å². The number of benzene rings is 1. The highest BCUT2D eigenvalue weighted by atomic mass is 16.3. The fourth-order valence-corrected chi connectivity index (χ4v) is 2.71. The van der Waals surface area contributed by atoms with Crippen molar-refractivity contribution in [2.45, 2.75) is 25.8 Å². The van der Waals surface area contributed by atoms with Gasteiger partial charge in [0.2, 0.25) is 5.91 Å². The number of para-hydroxylation sites is 1. The molecule has 1 unspecified atom stereocenters. The molecule has 0 saturated carbocycles. The number of nitrogens with zero attached hydrogens (tertiary/aromatic N) is 2. The second-order valence-corrected chi connectivity index (χ2v) is 5.12. The summed E-state index contributed by atoms with van der Waals surface area (Å²) in [5.41, 5.74) is 2.27. The first-order valence-electron chi connectivity index (χ1n) is 6.83. The van der Waals surface area contributed by atoms with Crippen LogP contribution in [0.5, 0.6) is 0 Å². The minimum Gasteiger partial charge on any atom is -0.396 e. The molecule has 104 valence electrons. The van der Waals surface area contributed by atoms with Crippen molar-refractivity contribution in [2.24, 2.45) is 0 Å². The number of aliphatic hydroxyl groups excluding tert-OH is 1. The molecule has 0 bridgehead atoms. The van der Waals surface area contributed by atoms with Gasteiger partial charge in [0.05, 0.1) is 0 Å². The van der Waals surface area contributed by atoms with E-state index in [0.717, 1.165) is 25.2 Å². The number of amides is 1. The van der Waals surface area contributed by atoms with Gasteiger partial charge in [-0.15, -0.1) is 0 Å². The normalized spacial score (nSPS) is 20.6. The molecule has 1 N–H and O–H groups in total. The van der Waals surface area contributed by atoms with Gasteiger partial charge in [-0.05, 0) is 31.4 Å². The van der Waals surface area contributed by atoms with Crippen LogP contribution in [0.4, 0.5) is 5.69 Å². The van der Waals surface area contributed by atoms with Crippen molar-refractivity contribution in [1.29, 1.82) is 0 Å². The van der Waals surface area contributed by atoms with Crippen LogP contribution in [-0.4, -0.2) is 48.7 Å². The van der Waals surface area contributed by atoms with Crippen LogP contribution in [-0.2, 0) is 4.79 Å². The van der Waals surface area contributed by atoms with Crippen molar-refractivity contribution < 1.29 is 9.90 Å². The van der Waals surface area contributed by atoms with Crippen molar-refractivity contribution in [3.8, 4) is 0 Å². The number of likely N-dealkylation sites (N-methyl/N-ethyl adjacent to an activating group) is 1. The maximum Gasteiger partial charge on any atom is 0.245 e. The number of hydrogen-bond acceptors (Lipinski definition) is 3. The zero-order chi connectivity index (χ0) is 13.8. The van der Waals surface area contributed by atoms with Gasteiger partial charge in [0.15, 0.2) is 0 Å². The summed E-state index contributed by atoms with van der Waals surface area (Å²) in [6, 6.07) is 7.87. The summed E-state index contributed by atoms with van der Waals surface area (Å²) >= 11 is 0. The summed E-state index contributed by atoms with van der Waals surface area (Å²) in [7, 11) is 1.84. The van der Waals surface area contributed by atoms with Crippen molar-refractivity contribution in [2.75, 3.05) is 31.6 Å². The quantitative estimate of drug-likeness (QED) is 0.896. The molecule has 1 saturated heterocycles. The second kappa shape index (κ2) is 6.06. The van der Waals surface area contributed by atoms with E-state index < -0.39 is 0 Å². The predicted octanol–water partition coefficient (Wildman–Crippen LogP) is 1.41. The number of rotatable bonds is 3. The zero-order valence-electron chi connectivity index (χ0n) is 11.7. The average molecular weight is 262 g/mol. The first kappa shape index (κ1) is 13.9. The third-order valence-corrected chi connectivity index (χ3v) is 3.76. The standard InChI is InChI=1S/C15H22N2O2/c1-12-6-3-4-7-13(12)17-10-5-9-16(2)15(19)14(17)8-11-18/h3-4,6-7,14,18H,5,8-11H2,1-2H3. The van der Waals surface area contributed by atoms with Gasteiger partial charge >= 0.3 is 0 Å². The topological polar surface area (TPSA) is 43.8 Å². The summed E-state index contributed by atoms with van der Waals surface area (Å²) in [6.07, 6.45) is 1.44. The van der Waals surface area contributed by atoms with Crippen LogP contribution in [0.15, 0.2) is 24.3 Å². The van der Waals surface area contributed by atoms with Crippen LogP contribution >= 0.6 is 0 Å². The lowest BCUT2D eigenvalue weighted by Gasteiger charge is -2.32. The summed E-state index contributed by atoms with van der Waals surface area (Å²) in [5.74, 6) is 0.106. The summed E-state index contributed by atoms with van der Waals surface area (Å²) in [6.45, 7) is 3.73. The number of aliphatic hydroxyl groups is 1. The highest BCUT2D eigenvalue weighted by molar-refractivity contribution is 5.86. The van der Waals surface area contributed by atoms with E-state index in [1.807, 2.05) is 19.2 Å². The molecule has 1 atom stereocenters. The molecule has 0 spiro atoms. The van der Waals surface area contributed by atoms with E-state index in [4.69, 9.17) is 0 Å². The molecule has 1 aliphatic heterocycles. The van der Waals surface area contributed by atoms with Gasteiger partial charge in [-0.3, -0.25) is 4.79 Å². The van der Waals surface area contributed by atoms with E-state index in [0.29, 0.717) is 6.42 Å². The molecule has 1 aromatic rings. The summed E-state index contributed by atoms with van der Waals surface area (Å²) in [5, 5.41) is 9.25. The number of aryl methyl sites for hydroxylation is 1. The number of carbonyl (C=O) groups excluding carboxylic acids is 1. The highest BCUT2D eigenvalue weighted by Gasteiger charge is 2.31. The number of carbonyl (C=O) groups is 1. The van der Waals surface area contributed by atoms with E-state index >= 15 is 0 Å². The van der Waals surface area contributed by atoms with Gasteiger partial charge in [0.25, 0.3) is 0 Å². The molecule has 1 amide bonds. The minimum absolute atomic E-state index is 0.0344. The second-order valence-electron chi connectivity index (χ2n) is 5.12. The van der Waals surface area contributed by atoms with Gasteiger partial charge in [0, 0.05) is 32.4 Å². The lowest BCUT2D eigenvalue weighted by molar-refractivity contribution is -0.131. The van der Waals surface area contributed by atoms with Crippen LogP contribution in [0.2, 0.25) is 0 Å². The molecule has 4 nitrogen and oxygen atoms in total. The zero-order valence-corrected chi connectivity index (χ0v) is 11.7. The SMILES string of the molecule is Cc1ccccc1N1CCCN(C)C(=O)C1CCO. The Balaban J connectivity index is 2.35. The molecular formula is C15H22N2O2. The highest BCUT2D eigenvalue weighted by Crippen LogP contribution is 2.25. The van der Waals surface area contributed by atoms with Crippen LogP contribution in [0.3, 0.4) is 0 Å². The van der Waals surface area contributed by atoms with E-state index in [2.05, 4.69) is 24.0 Å². The third kappa shape index (κ3) is 2.89. The van der Waals surface area contributed by atoms with E-state index in [1.165, 1.54) is 5.56 Å². The molecule has 4 heteroatoms. The molecule has 1 aromatic carbocycles. The molecule has 1 fully saturated rings. The van der Waals surface area contributed by atoms with Crippen molar-refractivity contribution in [3.63, 3.8) is 0 Å². The summed E-state index contributed by atoms with van der Waals surface area (Å²) < 4.78 is 0. The number of hydrogen-bond donors (Lipinski definition) is 1. The Labute approximate surface area is 114 Å². The van der Waals surface area contributed by atoms with Gasteiger partial charge in [0.1, 0.15) is 6.04 Å². The molecule has 1 heterocycles. The lowest BCUT2D eigenvalue weighted by atomic mass is 10.1. The minimum atomic E-state index is -0.251. The molecular weight excluding hydrogens is 240 g/mol. The van der Waals surface area contributed by atoms with Gasteiger partial charge in [-0.25, -0.2) is 0 Å². The first-order valence-corrected chi connectivity index (χ1v) is 6.83. The van der Waals surface area contributed by atoms with Crippen LogP contribution in [0.25, 0.3) is 0 Å². The van der Waals surface area contributed by atoms with Crippen LogP contribution in [0.1, 0.15) is 18.4 Å². The Kier molecular flexibility index (Phi) is 4.43. The van der Waals surface area contributed by atoms with E-state index in [9.17, 15) is 9.90 Å². The van der Waals surface area contributed by atoms with Gasteiger partial charge in [-0.2, -0.15) is 0 Å². The Morgan fingerprint density at radius 2 is 2.05 bits per heavy atom. The monoisotopic (exact) mass is 262 g/mol. The fourth-order valence-electron chi connectivity index (χ4n) is 2.71. The van der Waals surface area contributed by atoms with Crippen molar-refractivity contribution in [1.82, 2.24) is 4.90 Å². The molecule has 19 heavy (non-hydrogen) atoms. The van der Waals surface area contributed by atoms with Crippen molar-refractivity contribution in [3.05, 3.63) is 29.8 Å². The average Bonchev–Trinajstić information content (AvgIpc) is 2.53.